The molecule has 0 amide bonds. The fourth-order valence-electron chi connectivity index (χ4n) is 16.8. The van der Waals surface area contributed by atoms with E-state index in [2.05, 4.69) is 201 Å². The Bertz CT molecular complexity index is 5380. The first-order chi connectivity index (χ1) is 59.3. The van der Waals surface area contributed by atoms with Gasteiger partial charge in [-0.05, 0) is 261 Å². The van der Waals surface area contributed by atoms with Gasteiger partial charge in [-0.15, -0.1) is 0 Å². The first-order valence-electron chi connectivity index (χ1n) is 44.0. The quantitative estimate of drug-likeness (QED) is 0.0511. The molecule has 0 spiro atoms. The van der Waals surface area contributed by atoms with Crippen molar-refractivity contribution < 1.29 is 59.5 Å². The number of halogens is 6. The summed E-state index contributed by atoms with van der Waals surface area (Å²) in [6.45, 7) is 14.6. The molecule has 0 aromatic heterocycles. The van der Waals surface area contributed by atoms with Crippen LogP contribution in [0.2, 0.25) is 0 Å². The minimum Gasteiger partial charge on any atom is -0.490 e. The molecule has 0 radical (unpaired) electrons. The topological polar surface area (TPSA) is 64.6 Å². The van der Waals surface area contributed by atoms with Gasteiger partial charge < -0.3 is 33.2 Å². The highest BCUT2D eigenvalue weighted by molar-refractivity contribution is 7.98. The number of benzene rings is 12. The molecule has 654 valence electrons. The van der Waals surface area contributed by atoms with E-state index in [1.165, 1.54) is 223 Å². The second kappa shape index (κ2) is 44.4. The summed E-state index contributed by atoms with van der Waals surface area (Å²) in [7, 11) is 3.84. The van der Waals surface area contributed by atoms with Crippen LogP contribution in [-0.4, -0.2) is 126 Å². The molecule has 0 bridgehead atoms. The maximum absolute atomic E-state index is 12.4. The molecule has 0 N–H and O–H groups in total. The SMILES string of the molecule is CC(C)(C)Oc1ccc([S+]2CCCC2)c2ccccc12.CC(C)(C)Oc1ccc([S+]2CCCCC2)c2ccccc12.CC(C)Oc1ccc([S+]2CCCC2)c2ccccc12.COCOc1ccc([S+]2CCCCC2)c2ccccc12.FC(F)(F)COc1ccc([S+]2CCCC2)c2ccccc12.FC(F)(F)COc1ccc([S+]2CCCCC2)c2ccccc12. The van der Waals surface area contributed by atoms with Crippen LogP contribution < -0.4 is 28.4 Å². The Kier molecular flexibility index (Phi) is 33.7. The van der Waals surface area contributed by atoms with Gasteiger partial charge >= 0.3 is 12.4 Å². The van der Waals surface area contributed by atoms with Crippen molar-refractivity contribution >= 4 is 130 Å². The van der Waals surface area contributed by atoms with E-state index in [1.807, 2.05) is 60.7 Å². The molecule has 6 fully saturated rings. The lowest BCUT2D eigenvalue weighted by Gasteiger charge is -2.23. The minimum atomic E-state index is -4.31. The van der Waals surface area contributed by atoms with Crippen molar-refractivity contribution in [3.8, 4) is 34.5 Å². The van der Waals surface area contributed by atoms with Crippen molar-refractivity contribution in [2.24, 2.45) is 0 Å². The van der Waals surface area contributed by atoms with Crippen LogP contribution in [-0.2, 0) is 70.1 Å². The van der Waals surface area contributed by atoms with Crippen molar-refractivity contribution in [2.75, 3.05) is 96.2 Å². The highest BCUT2D eigenvalue weighted by Crippen LogP contribution is 2.43. The van der Waals surface area contributed by atoms with Crippen LogP contribution in [0.5, 0.6) is 34.5 Å². The lowest BCUT2D eigenvalue weighted by atomic mass is 10.1. The van der Waals surface area contributed by atoms with E-state index < -0.39 is 25.6 Å². The Balaban J connectivity index is 0.000000127. The molecule has 7 nitrogen and oxygen atoms in total. The van der Waals surface area contributed by atoms with Gasteiger partial charge in [-0.3, -0.25) is 0 Å². The number of ether oxygens (including phenoxy) is 7. The van der Waals surface area contributed by atoms with Crippen LogP contribution in [0.4, 0.5) is 26.3 Å². The summed E-state index contributed by atoms with van der Waals surface area (Å²) in [5.41, 5.74) is -0.308. The standard InChI is InChI=1S/C19H25OS.C18H23OS.C17H18F3OS.C17H21O2S.C17H21OS.C16H16F3OS/c1-19(2,3)20-17-11-12-18(21-13-7-4-8-14-21)16-10-6-5-9-15(16)17;1-18(2,3)19-16-10-11-17(20-12-6-7-13-20)15-9-5-4-8-14(15)16;18-17(19,20)12-21-15-8-9-16(22-10-4-1-5-11-22)14-7-3-2-6-13(14)15;1-18-13-19-16-9-10-17(20-11-5-2-6-12-20)15-8-4-3-7-14(15)16;1-13(2)18-16-9-10-17(19-11-5-6-12-19)15-8-4-3-7-14(15)16;17-16(18,19)11-20-14-7-8-15(21-9-3-4-10-21)13-6-2-1-5-12(13)14/h5-6,9-12H,4,7-8,13-14H2,1-3H3;4-5,8-11H,6-7,12-13H2,1-3H3;2-3,6-9H,1,4-5,10-12H2;3-4,7-10H,2,5-6,11-13H2,1H3;3-4,7-10,13H,5-6,11-12H2,1-2H3;1-2,5-8H,3-4,9-11H2/q6*+1. The minimum absolute atomic E-state index is 0.153. The fourth-order valence-corrected chi connectivity index (χ4v) is 31.8. The number of methoxy groups -OCH3 is 1. The van der Waals surface area contributed by atoms with Gasteiger partial charge in [-0.2, -0.15) is 26.3 Å². The van der Waals surface area contributed by atoms with Crippen LogP contribution in [0.25, 0.3) is 64.6 Å². The fraction of sp³-hybridized carbons (Fsp3) is 0.423. The second-order valence-corrected chi connectivity index (χ2v) is 47.8. The molecule has 0 unspecified atom stereocenters. The summed E-state index contributed by atoms with van der Waals surface area (Å²) in [6, 6.07) is 75.0. The lowest BCUT2D eigenvalue weighted by molar-refractivity contribution is -0.153. The molecule has 6 aliphatic rings. The lowest BCUT2D eigenvalue weighted by Crippen LogP contribution is -2.23. The average molecular weight is 1790 g/mol. The smallest absolute Gasteiger partial charge is 0.422 e. The summed E-state index contributed by atoms with van der Waals surface area (Å²) in [4.78, 5) is 8.69. The maximum atomic E-state index is 12.4. The van der Waals surface area contributed by atoms with E-state index in [9.17, 15) is 26.3 Å². The summed E-state index contributed by atoms with van der Waals surface area (Å²) in [6.07, 6.45) is 11.7. The number of fused-ring (bicyclic) bond motifs is 6. The van der Waals surface area contributed by atoms with Gasteiger partial charge in [0, 0.05) is 137 Å². The molecular weight excluding hydrogens is 1670 g/mol. The van der Waals surface area contributed by atoms with E-state index in [0.29, 0.717) is 61.9 Å². The van der Waals surface area contributed by atoms with Crippen LogP contribution in [0, 0.1) is 0 Å². The molecule has 19 heteroatoms. The van der Waals surface area contributed by atoms with Crippen molar-refractivity contribution in [1.29, 1.82) is 0 Å². The molecule has 6 saturated heterocycles. The van der Waals surface area contributed by atoms with E-state index in [-0.39, 0.29) is 39.1 Å². The van der Waals surface area contributed by atoms with Crippen LogP contribution in [0.1, 0.15) is 152 Å². The van der Waals surface area contributed by atoms with Crippen molar-refractivity contribution in [1.82, 2.24) is 0 Å². The predicted octanol–water partition coefficient (Wildman–Crippen LogP) is 27.8. The summed E-state index contributed by atoms with van der Waals surface area (Å²) in [5, 5.41) is 14.2. The van der Waals surface area contributed by atoms with Crippen LogP contribution >= 0.6 is 0 Å². The molecule has 6 heterocycles. The zero-order valence-corrected chi connectivity index (χ0v) is 78.0. The molecule has 0 atom stereocenters. The zero-order valence-electron chi connectivity index (χ0n) is 73.2. The molecule has 6 aliphatic heterocycles. The van der Waals surface area contributed by atoms with E-state index in [0.717, 1.165) is 44.5 Å². The zero-order chi connectivity index (χ0) is 86.5. The van der Waals surface area contributed by atoms with Gasteiger partial charge in [-0.25, -0.2) is 0 Å². The largest absolute Gasteiger partial charge is 0.490 e. The van der Waals surface area contributed by atoms with Gasteiger partial charge in [0.05, 0.1) is 6.10 Å². The maximum Gasteiger partial charge on any atom is 0.422 e. The molecular formula is C104H124F6O7S6+6. The van der Waals surface area contributed by atoms with Crippen molar-refractivity contribution in [3.63, 3.8) is 0 Å². The summed E-state index contributed by atoms with van der Waals surface area (Å²) < 4.78 is 113. The highest BCUT2D eigenvalue weighted by Gasteiger charge is 2.37. The summed E-state index contributed by atoms with van der Waals surface area (Å²) in [5.74, 6) is 20.3. The summed E-state index contributed by atoms with van der Waals surface area (Å²) >= 11 is 0. The Labute approximate surface area is 743 Å². The monoisotopic (exact) mass is 1790 g/mol. The van der Waals surface area contributed by atoms with E-state index in [1.54, 1.807) is 33.9 Å². The molecule has 18 rings (SSSR count). The van der Waals surface area contributed by atoms with Gasteiger partial charge in [0.1, 0.15) is 115 Å². The predicted molar refractivity (Wildman–Crippen MR) is 517 cm³/mol. The molecule has 12 aromatic carbocycles. The Morgan fingerprint density at radius 2 is 0.447 bits per heavy atom. The number of hydrogen-bond donors (Lipinski definition) is 0. The van der Waals surface area contributed by atoms with Gasteiger partial charge in [0.25, 0.3) is 0 Å². The Hall–Kier alpha value is -7.36. The van der Waals surface area contributed by atoms with Crippen LogP contribution in [0.15, 0.2) is 248 Å². The molecule has 0 saturated carbocycles. The molecule has 0 aliphatic carbocycles. The Morgan fingerprint density at radius 1 is 0.252 bits per heavy atom. The number of rotatable bonds is 17. The van der Waals surface area contributed by atoms with Crippen LogP contribution in [0.3, 0.4) is 0 Å². The normalized spacial score (nSPS) is 16.7. The third kappa shape index (κ3) is 26.2. The first-order valence-corrected chi connectivity index (χ1v) is 53.4. The van der Waals surface area contributed by atoms with E-state index >= 15 is 0 Å². The Morgan fingerprint density at radius 3 is 0.667 bits per heavy atom. The first kappa shape index (κ1) is 93.3. The second-order valence-electron chi connectivity index (χ2n) is 34.3. The van der Waals surface area contributed by atoms with Crippen molar-refractivity contribution in [2.45, 2.75) is 211 Å². The van der Waals surface area contributed by atoms with Crippen molar-refractivity contribution in [3.05, 3.63) is 218 Å². The van der Waals surface area contributed by atoms with Gasteiger partial charge in [0.15, 0.2) is 49.4 Å². The molecule has 12 aromatic rings. The number of hydrogen-bond acceptors (Lipinski definition) is 7. The van der Waals surface area contributed by atoms with E-state index in [4.69, 9.17) is 33.2 Å². The number of alkyl halides is 6. The highest BCUT2D eigenvalue weighted by atomic mass is 32.2. The van der Waals surface area contributed by atoms with Gasteiger partial charge in [0.2, 0.25) is 0 Å². The van der Waals surface area contributed by atoms with Gasteiger partial charge in [-0.1, -0.05) is 109 Å². The third-order valence-corrected chi connectivity index (χ3v) is 37.4. The molecule has 123 heavy (non-hydrogen) atoms. The average Bonchev–Trinajstić information content (AvgIpc) is 1.31. The third-order valence-electron chi connectivity index (χ3n) is 22.2.